The molecule has 0 saturated carbocycles. The van der Waals surface area contributed by atoms with Gasteiger partial charge in [0.1, 0.15) is 6.61 Å². The minimum atomic E-state index is -0.776. The molecule has 0 saturated heterocycles. The Balaban J connectivity index is 0. The van der Waals surface area contributed by atoms with Crippen molar-refractivity contribution in [2.75, 3.05) is 20.3 Å². The summed E-state index contributed by atoms with van der Waals surface area (Å²) in [5, 5.41) is 0. The van der Waals surface area contributed by atoms with Crippen molar-refractivity contribution in [3.63, 3.8) is 0 Å². The van der Waals surface area contributed by atoms with Crippen LogP contribution in [-0.2, 0) is 33.3 Å². The average Bonchev–Trinajstić information content (AvgIpc) is 2.88. The highest BCUT2D eigenvalue weighted by atomic mass is 16.7. The molecule has 0 fully saturated rings. The van der Waals surface area contributed by atoms with Crippen molar-refractivity contribution < 1.29 is 33.3 Å². The molecule has 0 aromatic carbocycles. The maximum absolute atomic E-state index is 12.4. The van der Waals surface area contributed by atoms with Crippen molar-refractivity contribution in [1.29, 1.82) is 0 Å². The molecule has 0 N–H and O–H groups in total. The van der Waals surface area contributed by atoms with Crippen LogP contribution in [0.4, 0.5) is 0 Å². The molecule has 0 bridgehead atoms. The number of unbranched alkanes of at least 4 members (excludes halogenated alkanes) is 6. The first kappa shape index (κ1) is 38.5. The van der Waals surface area contributed by atoms with Gasteiger partial charge >= 0.3 is 17.9 Å². The second kappa shape index (κ2) is 20.3. The van der Waals surface area contributed by atoms with Crippen LogP contribution < -0.4 is 0 Å². The van der Waals surface area contributed by atoms with Crippen LogP contribution in [0.1, 0.15) is 140 Å². The molecule has 0 heterocycles. The van der Waals surface area contributed by atoms with Gasteiger partial charge in [-0.15, -0.1) is 0 Å². The molecule has 0 unspecified atom stereocenters. The van der Waals surface area contributed by atoms with E-state index in [1.165, 1.54) is 32.1 Å². The van der Waals surface area contributed by atoms with Crippen molar-refractivity contribution in [2.24, 2.45) is 16.2 Å². The molecule has 0 amide bonds. The Morgan fingerprint density at radius 1 is 0.579 bits per heavy atom. The van der Waals surface area contributed by atoms with Crippen LogP contribution in [0.2, 0.25) is 0 Å². The Labute approximate surface area is 234 Å². The van der Waals surface area contributed by atoms with Crippen molar-refractivity contribution >= 4 is 17.9 Å². The summed E-state index contributed by atoms with van der Waals surface area (Å²) in [6.45, 7) is 20.1. The first-order chi connectivity index (χ1) is 17.6. The zero-order chi connectivity index (χ0) is 29.8. The minimum Gasteiger partial charge on any atom is -0.463 e. The van der Waals surface area contributed by atoms with Crippen molar-refractivity contribution in [2.45, 2.75) is 146 Å². The standard InChI is InChI=1S/C22H42O4.C9H18O3/c1-8-11-12-13-14-15-16-17-18(25-19(23)21(4,5)9-2)26-20(24)22(6,7)10-3;1-5-9(2,3)8(10)12-7-6-11-4/h18H,8-17H2,1-7H3;5-7H2,1-4H3. The number of hydrogen-bond donors (Lipinski definition) is 0. The normalized spacial score (nSPS) is 12.0. The Hall–Kier alpha value is -1.63. The van der Waals surface area contributed by atoms with Gasteiger partial charge in [0.2, 0.25) is 6.29 Å². The lowest BCUT2D eigenvalue weighted by Crippen LogP contribution is -2.36. The van der Waals surface area contributed by atoms with Gasteiger partial charge in [0.05, 0.1) is 22.9 Å². The van der Waals surface area contributed by atoms with Gasteiger partial charge in [-0.3, -0.25) is 14.4 Å². The molecule has 0 aliphatic heterocycles. The van der Waals surface area contributed by atoms with E-state index in [4.69, 9.17) is 18.9 Å². The van der Waals surface area contributed by atoms with Gasteiger partial charge < -0.3 is 18.9 Å². The average molecular weight is 545 g/mol. The Morgan fingerprint density at radius 3 is 1.37 bits per heavy atom. The maximum atomic E-state index is 12.4. The van der Waals surface area contributed by atoms with E-state index < -0.39 is 17.1 Å². The molecular weight excluding hydrogens is 484 g/mol. The van der Waals surface area contributed by atoms with E-state index >= 15 is 0 Å². The smallest absolute Gasteiger partial charge is 0.314 e. The highest BCUT2D eigenvalue weighted by Crippen LogP contribution is 2.27. The SMILES string of the molecule is CCC(C)(C)C(=O)OCCOC.CCCCCCCCCC(OC(=O)C(C)(C)CC)OC(=O)C(C)(C)CC. The van der Waals surface area contributed by atoms with E-state index in [-0.39, 0.29) is 23.3 Å². The minimum absolute atomic E-state index is 0.151. The summed E-state index contributed by atoms with van der Waals surface area (Å²) in [6.07, 6.45) is 10.2. The van der Waals surface area contributed by atoms with Crippen LogP contribution in [0, 0.1) is 16.2 Å². The fourth-order valence-corrected chi connectivity index (χ4v) is 2.81. The second-order valence-electron chi connectivity index (χ2n) is 12.0. The lowest BCUT2D eigenvalue weighted by molar-refractivity contribution is -0.201. The molecule has 0 radical (unpaired) electrons. The van der Waals surface area contributed by atoms with Crippen LogP contribution in [-0.4, -0.2) is 44.5 Å². The summed E-state index contributed by atoms with van der Waals surface area (Å²) in [5.74, 6) is -0.743. The molecule has 0 aliphatic rings. The molecule has 0 aromatic rings. The number of hydrogen-bond acceptors (Lipinski definition) is 7. The highest BCUT2D eigenvalue weighted by molar-refractivity contribution is 5.77. The summed E-state index contributed by atoms with van der Waals surface area (Å²) in [6, 6.07) is 0. The predicted octanol–water partition coefficient (Wildman–Crippen LogP) is 8.02. The predicted molar refractivity (Wildman–Crippen MR) is 154 cm³/mol. The summed E-state index contributed by atoms with van der Waals surface area (Å²) in [5.41, 5.74) is -1.50. The highest BCUT2D eigenvalue weighted by Gasteiger charge is 2.34. The van der Waals surface area contributed by atoms with Crippen molar-refractivity contribution in [3.8, 4) is 0 Å². The third kappa shape index (κ3) is 17.1. The summed E-state index contributed by atoms with van der Waals surface area (Å²) >= 11 is 0. The fourth-order valence-electron chi connectivity index (χ4n) is 2.81. The number of carbonyl (C=O) groups is 3. The molecule has 226 valence electrons. The lowest BCUT2D eigenvalue weighted by Gasteiger charge is -2.28. The van der Waals surface area contributed by atoms with Crippen LogP contribution in [0.3, 0.4) is 0 Å². The van der Waals surface area contributed by atoms with Gasteiger partial charge in [0.25, 0.3) is 0 Å². The van der Waals surface area contributed by atoms with Gasteiger partial charge in [-0.2, -0.15) is 0 Å². The first-order valence-corrected chi connectivity index (χ1v) is 14.7. The number of carbonyl (C=O) groups excluding carboxylic acids is 3. The van der Waals surface area contributed by atoms with Crippen molar-refractivity contribution in [1.82, 2.24) is 0 Å². The largest absolute Gasteiger partial charge is 0.463 e. The lowest BCUT2D eigenvalue weighted by atomic mass is 9.90. The monoisotopic (exact) mass is 544 g/mol. The van der Waals surface area contributed by atoms with Crippen molar-refractivity contribution in [3.05, 3.63) is 0 Å². The Morgan fingerprint density at radius 2 is 0.974 bits per heavy atom. The van der Waals surface area contributed by atoms with Gasteiger partial charge in [-0.25, -0.2) is 0 Å². The van der Waals surface area contributed by atoms with E-state index in [0.29, 0.717) is 32.5 Å². The number of ether oxygens (including phenoxy) is 4. The van der Waals surface area contributed by atoms with Gasteiger partial charge in [0.15, 0.2) is 0 Å². The third-order valence-electron chi connectivity index (χ3n) is 7.35. The van der Waals surface area contributed by atoms with E-state index in [2.05, 4.69) is 6.92 Å². The van der Waals surface area contributed by atoms with Gasteiger partial charge in [0, 0.05) is 13.5 Å². The quantitative estimate of drug-likeness (QED) is 0.0924. The van der Waals surface area contributed by atoms with Gasteiger partial charge in [-0.1, -0.05) is 66.2 Å². The molecular formula is C31H60O7. The van der Waals surface area contributed by atoms with E-state index in [9.17, 15) is 14.4 Å². The van der Waals surface area contributed by atoms with Crippen LogP contribution in [0.5, 0.6) is 0 Å². The molecule has 0 spiro atoms. The number of esters is 3. The maximum Gasteiger partial charge on any atom is 0.314 e. The topological polar surface area (TPSA) is 88.1 Å². The fraction of sp³-hybridized carbons (Fsp3) is 0.903. The third-order valence-corrected chi connectivity index (χ3v) is 7.35. The Bertz CT molecular complexity index is 623. The Kier molecular flexibility index (Phi) is 20.6. The summed E-state index contributed by atoms with van der Waals surface area (Å²) in [4.78, 5) is 36.1. The summed E-state index contributed by atoms with van der Waals surface area (Å²) < 4.78 is 20.9. The van der Waals surface area contributed by atoms with E-state index in [1.54, 1.807) is 7.11 Å². The molecule has 0 atom stereocenters. The molecule has 0 rings (SSSR count). The number of rotatable bonds is 19. The second-order valence-corrected chi connectivity index (χ2v) is 12.0. The molecule has 7 heteroatoms. The van der Waals surface area contributed by atoms with E-state index in [0.717, 1.165) is 19.3 Å². The molecule has 38 heavy (non-hydrogen) atoms. The zero-order valence-corrected chi connectivity index (χ0v) is 26.6. The van der Waals surface area contributed by atoms with Crippen LogP contribution in [0.25, 0.3) is 0 Å². The summed E-state index contributed by atoms with van der Waals surface area (Å²) in [7, 11) is 1.58. The zero-order valence-electron chi connectivity index (χ0n) is 26.6. The molecule has 0 aromatic heterocycles. The molecule has 7 nitrogen and oxygen atoms in total. The van der Waals surface area contributed by atoms with E-state index in [1.807, 2.05) is 62.3 Å². The van der Waals surface area contributed by atoms with Crippen LogP contribution >= 0.6 is 0 Å². The number of methoxy groups -OCH3 is 1. The van der Waals surface area contributed by atoms with Crippen LogP contribution in [0.15, 0.2) is 0 Å². The first-order valence-electron chi connectivity index (χ1n) is 14.7. The molecule has 0 aliphatic carbocycles. The van der Waals surface area contributed by atoms with Gasteiger partial charge in [-0.05, 0) is 67.2 Å².